The van der Waals surface area contributed by atoms with Crippen LogP contribution in [0.25, 0.3) is 0 Å². The highest BCUT2D eigenvalue weighted by molar-refractivity contribution is 5.88. The van der Waals surface area contributed by atoms with E-state index in [0.717, 1.165) is 24.8 Å². The topological polar surface area (TPSA) is 26.3 Å². The Kier molecular flexibility index (Phi) is 2.90. The van der Waals surface area contributed by atoms with Gasteiger partial charge in [0.15, 0.2) is 0 Å². The molecule has 0 unspecified atom stereocenters. The van der Waals surface area contributed by atoms with E-state index in [1.165, 1.54) is 6.26 Å². The quantitative estimate of drug-likeness (QED) is 0.393. The lowest BCUT2D eigenvalue weighted by molar-refractivity contribution is -0.133. The minimum Gasteiger partial charge on any atom is -0.431 e. The van der Waals surface area contributed by atoms with Crippen LogP contribution in [-0.2, 0) is 9.53 Å². The van der Waals surface area contributed by atoms with Gasteiger partial charge in [0.05, 0.1) is 6.26 Å². The number of allylic oxidation sites excluding steroid dienone is 2. The molecule has 0 radical (unpaired) electrons. The second-order valence-corrected chi connectivity index (χ2v) is 2.48. The summed E-state index contributed by atoms with van der Waals surface area (Å²) in [6, 6.07) is 0. The van der Waals surface area contributed by atoms with Gasteiger partial charge in [-0.05, 0) is 32.3 Å². The van der Waals surface area contributed by atoms with Crippen LogP contribution in [0.15, 0.2) is 24.0 Å². The summed E-state index contributed by atoms with van der Waals surface area (Å²) < 4.78 is 4.80. The van der Waals surface area contributed by atoms with Crippen LogP contribution in [0.1, 0.15) is 26.2 Å². The van der Waals surface area contributed by atoms with Crippen molar-refractivity contribution < 1.29 is 9.53 Å². The second-order valence-electron chi connectivity index (χ2n) is 2.48. The zero-order valence-electron chi connectivity index (χ0n) is 6.67. The second kappa shape index (κ2) is 3.96. The lowest BCUT2D eigenvalue weighted by Crippen LogP contribution is -2.05. The molecular formula is C9H12O2. The number of cyclic esters (lactones) is 1. The van der Waals surface area contributed by atoms with Crippen molar-refractivity contribution in [1.29, 1.82) is 0 Å². The van der Waals surface area contributed by atoms with Crippen LogP contribution in [0.4, 0.5) is 0 Å². The van der Waals surface area contributed by atoms with E-state index >= 15 is 0 Å². The van der Waals surface area contributed by atoms with E-state index in [2.05, 4.69) is 0 Å². The molecule has 11 heavy (non-hydrogen) atoms. The smallest absolute Gasteiger partial charge is 0.338 e. The molecule has 2 heteroatoms. The van der Waals surface area contributed by atoms with Crippen LogP contribution in [0.2, 0.25) is 0 Å². The van der Waals surface area contributed by atoms with Gasteiger partial charge in [-0.1, -0.05) is 6.08 Å². The maximum absolute atomic E-state index is 11.1. The van der Waals surface area contributed by atoms with Gasteiger partial charge in [-0.3, -0.25) is 0 Å². The van der Waals surface area contributed by atoms with Crippen molar-refractivity contribution in [3.63, 3.8) is 0 Å². The Morgan fingerprint density at radius 1 is 1.64 bits per heavy atom. The van der Waals surface area contributed by atoms with E-state index in [4.69, 9.17) is 4.74 Å². The molecule has 2 nitrogen and oxygen atoms in total. The summed E-state index contributed by atoms with van der Waals surface area (Å²) in [6.07, 6.45) is 8.03. The molecule has 0 atom stereocenters. The molecule has 0 aromatic rings. The highest BCUT2D eigenvalue weighted by Crippen LogP contribution is 2.12. The van der Waals surface area contributed by atoms with Crippen LogP contribution in [-0.4, -0.2) is 5.97 Å². The average Bonchev–Trinajstić information content (AvgIpc) is 1.98. The SMILES string of the molecule is CC=C1CCCC=COC1=O. The molecule has 0 spiro atoms. The lowest BCUT2D eigenvalue weighted by atomic mass is 10.1. The first-order valence-electron chi connectivity index (χ1n) is 3.86. The molecule has 1 heterocycles. The van der Waals surface area contributed by atoms with Gasteiger partial charge in [0.1, 0.15) is 0 Å². The van der Waals surface area contributed by atoms with Crippen molar-refractivity contribution in [3.8, 4) is 0 Å². The standard InChI is InChI=1S/C9H12O2/c1-2-8-6-4-3-5-7-11-9(8)10/h2,5,7H,3-4,6H2,1H3. The molecule has 0 fully saturated rings. The third-order valence-electron chi connectivity index (χ3n) is 1.70. The Balaban J connectivity index is 2.66. The van der Waals surface area contributed by atoms with Gasteiger partial charge in [0, 0.05) is 5.57 Å². The van der Waals surface area contributed by atoms with Gasteiger partial charge >= 0.3 is 5.97 Å². The fourth-order valence-corrected chi connectivity index (χ4v) is 1.03. The molecule has 0 amide bonds. The Labute approximate surface area is 66.5 Å². The van der Waals surface area contributed by atoms with E-state index < -0.39 is 0 Å². The maximum atomic E-state index is 11.1. The molecule has 1 aliphatic heterocycles. The molecule has 0 bridgehead atoms. The first kappa shape index (κ1) is 8.05. The van der Waals surface area contributed by atoms with Crippen molar-refractivity contribution in [2.75, 3.05) is 0 Å². The minimum absolute atomic E-state index is 0.205. The number of hydrogen-bond acceptors (Lipinski definition) is 2. The molecule has 0 aromatic heterocycles. The van der Waals surface area contributed by atoms with E-state index in [1.807, 2.05) is 19.1 Å². The molecule has 0 aliphatic carbocycles. The number of hydrogen-bond donors (Lipinski definition) is 0. The fraction of sp³-hybridized carbons (Fsp3) is 0.444. The highest BCUT2D eigenvalue weighted by atomic mass is 16.5. The molecule has 1 rings (SSSR count). The van der Waals surface area contributed by atoms with Crippen molar-refractivity contribution in [1.82, 2.24) is 0 Å². The zero-order valence-corrected chi connectivity index (χ0v) is 6.67. The van der Waals surface area contributed by atoms with Crippen molar-refractivity contribution >= 4 is 5.97 Å². The summed E-state index contributed by atoms with van der Waals surface area (Å²) in [5, 5.41) is 0. The maximum Gasteiger partial charge on any atom is 0.338 e. The molecule has 0 N–H and O–H groups in total. The first-order valence-corrected chi connectivity index (χ1v) is 3.86. The average molecular weight is 152 g/mol. The Bertz CT molecular complexity index is 202. The van der Waals surface area contributed by atoms with E-state index in [9.17, 15) is 4.79 Å². The number of carbonyl (C=O) groups is 1. The number of esters is 1. The summed E-state index contributed by atoms with van der Waals surface area (Å²) in [5.41, 5.74) is 0.786. The van der Waals surface area contributed by atoms with Crippen LogP contribution in [0.3, 0.4) is 0 Å². The van der Waals surface area contributed by atoms with Gasteiger partial charge < -0.3 is 4.74 Å². The fourth-order valence-electron chi connectivity index (χ4n) is 1.03. The summed E-state index contributed by atoms with van der Waals surface area (Å²) >= 11 is 0. The number of ether oxygens (including phenoxy) is 1. The van der Waals surface area contributed by atoms with Crippen molar-refractivity contribution in [2.45, 2.75) is 26.2 Å². The van der Waals surface area contributed by atoms with E-state index in [-0.39, 0.29) is 5.97 Å². The van der Waals surface area contributed by atoms with Gasteiger partial charge in [0.25, 0.3) is 0 Å². The number of rotatable bonds is 0. The third-order valence-corrected chi connectivity index (χ3v) is 1.70. The Morgan fingerprint density at radius 3 is 3.18 bits per heavy atom. The summed E-state index contributed by atoms with van der Waals surface area (Å²) in [5.74, 6) is -0.205. The Hall–Kier alpha value is -1.05. The highest BCUT2D eigenvalue weighted by Gasteiger charge is 2.09. The van der Waals surface area contributed by atoms with E-state index in [0.29, 0.717) is 0 Å². The van der Waals surface area contributed by atoms with Crippen molar-refractivity contribution in [3.05, 3.63) is 24.0 Å². The third kappa shape index (κ3) is 2.22. The normalized spacial score (nSPS) is 22.6. The predicted octanol–water partition coefficient (Wildman–Crippen LogP) is 2.17. The monoisotopic (exact) mass is 152 g/mol. The van der Waals surface area contributed by atoms with Crippen LogP contribution < -0.4 is 0 Å². The molecular weight excluding hydrogens is 140 g/mol. The first-order chi connectivity index (χ1) is 5.34. The van der Waals surface area contributed by atoms with E-state index in [1.54, 1.807) is 0 Å². The summed E-state index contributed by atoms with van der Waals surface area (Å²) in [7, 11) is 0. The van der Waals surface area contributed by atoms with Crippen LogP contribution in [0, 0.1) is 0 Å². The minimum atomic E-state index is -0.205. The largest absolute Gasteiger partial charge is 0.431 e. The van der Waals surface area contributed by atoms with Gasteiger partial charge in [-0.2, -0.15) is 0 Å². The molecule has 1 aliphatic rings. The van der Waals surface area contributed by atoms with Gasteiger partial charge in [-0.15, -0.1) is 0 Å². The predicted molar refractivity (Wildman–Crippen MR) is 42.8 cm³/mol. The lowest BCUT2D eigenvalue weighted by Gasteiger charge is -2.06. The molecule has 0 saturated carbocycles. The van der Waals surface area contributed by atoms with Gasteiger partial charge in [0.2, 0.25) is 0 Å². The molecule has 0 aromatic carbocycles. The van der Waals surface area contributed by atoms with Crippen molar-refractivity contribution in [2.24, 2.45) is 0 Å². The van der Waals surface area contributed by atoms with Crippen LogP contribution in [0.5, 0.6) is 0 Å². The van der Waals surface area contributed by atoms with Gasteiger partial charge in [-0.25, -0.2) is 4.79 Å². The summed E-state index contributed by atoms with van der Waals surface area (Å²) in [6.45, 7) is 1.86. The van der Waals surface area contributed by atoms with Crippen LogP contribution >= 0.6 is 0 Å². The summed E-state index contributed by atoms with van der Waals surface area (Å²) in [4.78, 5) is 11.1. The molecule has 60 valence electrons. The zero-order chi connectivity index (χ0) is 8.10. The number of carbonyl (C=O) groups excluding carboxylic acids is 1. The molecule has 0 saturated heterocycles. The Morgan fingerprint density at radius 2 is 2.45 bits per heavy atom.